The van der Waals surface area contributed by atoms with Crippen molar-refractivity contribution >= 4 is 12.0 Å². The monoisotopic (exact) mass is 266 g/mol. The number of halogens is 2. The number of anilines is 1. The topological polar surface area (TPSA) is 59.8 Å². The molecule has 0 aliphatic rings. The Balaban J connectivity index is 2.47. The van der Waals surface area contributed by atoms with Crippen LogP contribution < -0.4 is 5.32 Å². The third-order valence-corrected chi connectivity index (χ3v) is 2.71. The van der Waals surface area contributed by atoms with E-state index < -0.39 is 12.1 Å². The van der Waals surface area contributed by atoms with E-state index >= 15 is 0 Å². The zero-order valence-electron chi connectivity index (χ0n) is 10.4. The molecule has 5 nitrogen and oxygen atoms in total. The first kappa shape index (κ1) is 13.1. The Kier molecular flexibility index (Phi) is 3.55. The van der Waals surface area contributed by atoms with Gasteiger partial charge < -0.3 is 5.32 Å². The summed E-state index contributed by atoms with van der Waals surface area (Å²) in [5.74, 6) is 0.381. The second-order valence-electron chi connectivity index (χ2n) is 3.94. The van der Waals surface area contributed by atoms with Crippen LogP contribution in [0.4, 0.5) is 14.5 Å². The smallest absolute Gasteiger partial charge is 0.282 e. The van der Waals surface area contributed by atoms with Crippen molar-refractivity contribution in [3.8, 4) is 5.82 Å². The Bertz CT molecular complexity index is 610. The summed E-state index contributed by atoms with van der Waals surface area (Å²) < 4.78 is 26.5. The van der Waals surface area contributed by atoms with Gasteiger partial charge in [0.05, 0.1) is 17.4 Å². The fourth-order valence-electron chi connectivity index (χ4n) is 1.71. The van der Waals surface area contributed by atoms with E-state index in [1.165, 1.54) is 10.9 Å². The normalized spacial score (nSPS) is 10.8. The predicted molar refractivity (Wildman–Crippen MR) is 66.0 cm³/mol. The van der Waals surface area contributed by atoms with Crippen LogP contribution in [0.25, 0.3) is 5.82 Å². The highest BCUT2D eigenvalue weighted by Crippen LogP contribution is 2.22. The molecular weight excluding hydrogens is 254 g/mol. The molecule has 0 unspecified atom stereocenters. The van der Waals surface area contributed by atoms with Gasteiger partial charge in [0, 0.05) is 13.2 Å². The van der Waals surface area contributed by atoms with Crippen molar-refractivity contribution in [3.63, 3.8) is 0 Å². The zero-order valence-corrected chi connectivity index (χ0v) is 10.4. The fraction of sp³-hybridized carbons (Fsp3) is 0.250. The van der Waals surface area contributed by atoms with E-state index in [-0.39, 0.29) is 5.56 Å². The largest absolute Gasteiger partial charge is 0.387 e. The predicted octanol–water partition coefficient (Wildman–Crippen LogP) is 2.37. The van der Waals surface area contributed by atoms with Crippen LogP contribution in [0.2, 0.25) is 0 Å². The Morgan fingerprint density at radius 3 is 2.68 bits per heavy atom. The zero-order chi connectivity index (χ0) is 14.0. The molecule has 0 aliphatic heterocycles. The lowest BCUT2D eigenvalue weighted by molar-refractivity contribution is 0.110. The molecule has 0 aliphatic carbocycles. The lowest BCUT2D eigenvalue weighted by atomic mass is 10.2. The van der Waals surface area contributed by atoms with Crippen LogP contribution in [0.1, 0.15) is 28.0 Å². The SMILES string of the molecule is CNc1cnc(-n2cc(C=O)c(C(F)F)n2)cc1C. The van der Waals surface area contributed by atoms with Gasteiger partial charge in [-0.25, -0.2) is 18.4 Å². The number of nitrogens with zero attached hydrogens (tertiary/aromatic N) is 3. The van der Waals surface area contributed by atoms with E-state index in [9.17, 15) is 13.6 Å². The standard InChI is InChI=1S/C12H12F2N4O/c1-7-3-10(16-4-9(7)15-2)18-5-8(6-19)11(17-18)12(13)14/h3-6,12,15H,1-2H3. The molecule has 0 spiro atoms. The number of pyridine rings is 1. The summed E-state index contributed by atoms with van der Waals surface area (Å²) in [6, 6.07) is 1.70. The van der Waals surface area contributed by atoms with Crippen LogP contribution in [0.5, 0.6) is 0 Å². The number of alkyl halides is 2. The summed E-state index contributed by atoms with van der Waals surface area (Å²) in [7, 11) is 1.76. The van der Waals surface area contributed by atoms with E-state index in [1.54, 1.807) is 19.3 Å². The van der Waals surface area contributed by atoms with E-state index in [0.717, 1.165) is 11.3 Å². The van der Waals surface area contributed by atoms with Gasteiger partial charge in [0.1, 0.15) is 5.69 Å². The highest BCUT2D eigenvalue weighted by atomic mass is 19.3. The molecule has 0 saturated heterocycles. The van der Waals surface area contributed by atoms with E-state index in [1.807, 2.05) is 6.92 Å². The van der Waals surface area contributed by atoms with Crippen LogP contribution in [-0.2, 0) is 0 Å². The average molecular weight is 266 g/mol. The lowest BCUT2D eigenvalue weighted by Gasteiger charge is -2.06. The first-order chi connectivity index (χ1) is 9.06. The maximum atomic E-state index is 12.7. The number of nitrogens with one attached hydrogen (secondary N) is 1. The molecule has 7 heteroatoms. The molecule has 0 saturated carbocycles. The molecule has 0 fully saturated rings. The van der Waals surface area contributed by atoms with Gasteiger partial charge in [0.25, 0.3) is 6.43 Å². The molecule has 0 atom stereocenters. The molecule has 2 aromatic heterocycles. The molecule has 0 aromatic carbocycles. The minimum absolute atomic E-state index is 0.132. The molecule has 100 valence electrons. The van der Waals surface area contributed by atoms with Crippen molar-refractivity contribution in [1.82, 2.24) is 14.8 Å². The molecule has 2 rings (SSSR count). The Labute approximate surface area is 108 Å². The summed E-state index contributed by atoms with van der Waals surface area (Å²) in [4.78, 5) is 14.8. The number of hydrogen-bond donors (Lipinski definition) is 1. The summed E-state index contributed by atoms with van der Waals surface area (Å²) in [5, 5.41) is 6.65. The summed E-state index contributed by atoms with van der Waals surface area (Å²) in [6.45, 7) is 1.86. The number of carbonyl (C=O) groups is 1. The first-order valence-corrected chi connectivity index (χ1v) is 5.54. The molecule has 2 aromatic rings. The summed E-state index contributed by atoms with van der Waals surface area (Å²) in [6.07, 6.45) is 0.392. The lowest BCUT2D eigenvalue weighted by Crippen LogP contribution is -2.02. The Hall–Kier alpha value is -2.31. The van der Waals surface area contributed by atoms with Crippen molar-refractivity contribution in [1.29, 1.82) is 0 Å². The van der Waals surface area contributed by atoms with Gasteiger partial charge in [-0.05, 0) is 18.6 Å². The molecule has 1 N–H and O–H groups in total. The number of rotatable bonds is 4. The van der Waals surface area contributed by atoms with Gasteiger partial charge in [-0.3, -0.25) is 4.79 Å². The van der Waals surface area contributed by atoms with Gasteiger partial charge in [-0.2, -0.15) is 5.10 Å². The minimum atomic E-state index is -2.79. The first-order valence-electron chi connectivity index (χ1n) is 5.54. The fourth-order valence-corrected chi connectivity index (χ4v) is 1.71. The second kappa shape index (κ2) is 5.13. The number of aryl methyl sites for hydroxylation is 1. The van der Waals surface area contributed by atoms with Crippen LogP contribution in [-0.4, -0.2) is 28.1 Å². The minimum Gasteiger partial charge on any atom is -0.387 e. The van der Waals surface area contributed by atoms with Gasteiger partial charge in [0.15, 0.2) is 12.1 Å². The molecule has 0 bridgehead atoms. The van der Waals surface area contributed by atoms with Crippen LogP contribution in [0.15, 0.2) is 18.5 Å². The average Bonchev–Trinajstić information content (AvgIpc) is 2.83. The van der Waals surface area contributed by atoms with Crippen molar-refractivity contribution in [2.45, 2.75) is 13.3 Å². The number of aromatic nitrogens is 3. The molecule has 2 heterocycles. The molecule has 0 radical (unpaired) electrons. The molecule has 0 amide bonds. The number of carbonyl (C=O) groups excluding carboxylic acids is 1. The Morgan fingerprint density at radius 1 is 1.47 bits per heavy atom. The van der Waals surface area contributed by atoms with E-state index in [0.29, 0.717) is 12.1 Å². The summed E-state index contributed by atoms with van der Waals surface area (Å²) in [5.41, 5.74) is 1.06. The van der Waals surface area contributed by atoms with Crippen molar-refractivity contribution < 1.29 is 13.6 Å². The highest BCUT2D eigenvalue weighted by Gasteiger charge is 2.18. The van der Waals surface area contributed by atoms with Crippen LogP contribution in [0, 0.1) is 6.92 Å². The van der Waals surface area contributed by atoms with Crippen molar-refractivity contribution in [2.24, 2.45) is 0 Å². The van der Waals surface area contributed by atoms with E-state index in [4.69, 9.17) is 0 Å². The molecular formula is C12H12F2N4O. The van der Waals surface area contributed by atoms with Gasteiger partial charge in [-0.1, -0.05) is 0 Å². The summed E-state index contributed by atoms with van der Waals surface area (Å²) >= 11 is 0. The third kappa shape index (κ3) is 2.44. The highest BCUT2D eigenvalue weighted by molar-refractivity contribution is 5.76. The third-order valence-electron chi connectivity index (χ3n) is 2.71. The van der Waals surface area contributed by atoms with E-state index in [2.05, 4.69) is 15.4 Å². The second-order valence-corrected chi connectivity index (χ2v) is 3.94. The van der Waals surface area contributed by atoms with Gasteiger partial charge in [-0.15, -0.1) is 0 Å². The molecule has 19 heavy (non-hydrogen) atoms. The number of aldehydes is 1. The van der Waals surface area contributed by atoms with Crippen molar-refractivity contribution in [2.75, 3.05) is 12.4 Å². The maximum absolute atomic E-state index is 12.7. The quantitative estimate of drug-likeness (QED) is 0.863. The maximum Gasteiger partial charge on any atom is 0.282 e. The Morgan fingerprint density at radius 2 is 2.21 bits per heavy atom. The van der Waals surface area contributed by atoms with Gasteiger partial charge >= 0.3 is 0 Å². The van der Waals surface area contributed by atoms with Gasteiger partial charge in [0.2, 0.25) is 0 Å². The number of hydrogen-bond acceptors (Lipinski definition) is 4. The van der Waals surface area contributed by atoms with Crippen LogP contribution in [0.3, 0.4) is 0 Å². The van der Waals surface area contributed by atoms with Crippen LogP contribution >= 0.6 is 0 Å². The van der Waals surface area contributed by atoms with Crippen molar-refractivity contribution in [3.05, 3.63) is 35.3 Å².